The van der Waals surface area contributed by atoms with Crippen molar-refractivity contribution in [3.05, 3.63) is 127 Å². The molecule has 0 aliphatic rings. The predicted molar refractivity (Wildman–Crippen MR) is 164 cm³/mol. The Morgan fingerprint density at radius 1 is 0.378 bits per heavy atom. The highest BCUT2D eigenvalue weighted by Crippen LogP contribution is 2.43. The minimum atomic E-state index is 1.16. The molecule has 0 bridgehead atoms. The highest BCUT2D eigenvalue weighted by molar-refractivity contribution is 7.26. The molecule has 2 heterocycles. The Morgan fingerprint density at radius 3 is 1.86 bits per heavy atom. The third-order valence-corrected chi connectivity index (χ3v) is 9.52. The summed E-state index contributed by atoms with van der Waals surface area (Å²) >= 11 is 3.73. The Labute approximate surface area is 222 Å². The Balaban J connectivity index is 1.36. The first-order valence-corrected chi connectivity index (χ1v) is 14.1. The zero-order chi connectivity index (χ0) is 24.3. The molecule has 0 amide bonds. The third-order valence-electron chi connectivity index (χ3n) is 7.23. The molecule has 8 aromatic rings. The Morgan fingerprint density at radius 2 is 1.00 bits per heavy atom. The molecular weight excluding hydrogens is 487 g/mol. The fourth-order valence-electron chi connectivity index (χ4n) is 5.56. The smallest absolute Gasteiger partial charge is 0.0468 e. The lowest BCUT2D eigenvalue weighted by molar-refractivity contribution is 1.30. The molecule has 3 heteroatoms. The summed E-state index contributed by atoms with van der Waals surface area (Å²) in [6.45, 7) is 0. The maximum atomic E-state index is 2.38. The molecule has 8 rings (SSSR count). The van der Waals surface area contributed by atoms with E-state index in [0.717, 1.165) is 11.4 Å². The van der Waals surface area contributed by atoms with Crippen LogP contribution in [-0.2, 0) is 0 Å². The molecule has 0 aliphatic carbocycles. The number of para-hydroxylation sites is 1. The second-order valence-electron chi connectivity index (χ2n) is 9.39. The van der Waals surface area contributed by atoms with E-state index in [1.165, 1.54) is 56.8 Å². The Bertz CT molecular complexity index is 2100. The van der Waals surface area contributed by atoms with Gasteiger partial charge >= 0.3 is 0 Å². The molecule has 0 fully saturated rings. The highest BCUT2D eigenvalue weighted by Gasteiger charge is 2.16. The molecule has 37 heavy (non-hydrogen) atoms. The zero-order valence-electron chi connectivity index (χ0n) is 19.9. The Hall–Kier alpha value is -4.18. The summed E-state index contributed by atoms with van der Waals surface area (Å²) in [6.07, 6.45) is 0. The summed E-state index contributed by atoms with van der Waals surface area (Å²) in [5, 5.41) is 7.91. The average Bonchev–Trinajstić information content (AvgIpc) is 3.52. The zero-order valence-corrected chi connectivity index (χ0v) is 21.5. The number of anilines is 3. The van der Waals surface area contributed by atoms with E-state index in [9.17, 15) is 0 Å². The highest BCUT2D eigenvalue weighted by atomic mass is 32.1. The molecule has 0 unspecified atom stereocenters. The van der Waals surface area contributed by atoms with Crippen LogP contribution < -0.4 is 4.90 Å². The van der Waals surface area contributed by atoms with Gasteiger partial charge in [0.05, 0.1) is 0 Å². The molecule has 6 aromatic carbocycles. The van der Waals surface area contributed by atoms with Crippen LogP contribution >= 0.6 is 22.7 Å². The van der Waals surface area contributed by atoms with Crippen molar-refractivity contribution < 1.29 is 0 Å². The second-order valence-corrected chi connectivity index (χ2v) is 11.6. The SMILES string of the molecule is c1ccc(N(c2ccc3c(ccc4sc5ccccc5c43)c2)c2ccc3sc4ccccc4c3c2)cc1. The quantitative estimate of drug-likeness (QED) is 0.230. The van der Waals surface area contributed by atoms with Crippen LogP contribution in [0.25, 0.3) is 51.1 Å². The average molecular weight is 508 g/mol. The molecule has 0 saturated heterocycles. The van der Waals surface area contributed by atoms with Crippen molar-refractivity contribution in [3.63, 3.8) is 0 Å². The van der Waals surface area contributed by atoms with Crippen molar-refractivity contribution in [1.82, 2.24) is 0 Å². The van der Waals surface area contributed by atoms with Crippen molar-refractivity contribution >= 4 is 90.9 Å². The van der Waals surface area contributed by atoms with Crippen LogP contribution in [-0.4, -0.2) is 0 Å². The lowest BCUT2D eigenvalue weighted by Gasteiger charge is -2.26. The Kier molecular flexibility index (Phi) is 4.63. The van der Waals surface area contributed by atoms with Gasteiger partial charge in [-0.05, 0) is 71.4 Å². The van der Waals surface area contributed by atoms with E-state index in [1.807, 2.05) is 22.7 Å². The molecule has 0 aliphatic heterocycles. The van der Waals surface area contributed by atoms with Gasteiger partial charge in [-0.1, -0.05) is 66.7 Å². The van der Waals surface area contributed by atoms with Crippen LogP contribution in [0, 0.1) is 0 Å². The van der Waals surface area contributed by atoms with Gasteiger partial charge < -0.3 is 4.90 Å². The molecule has 2 aromatic heterocycles. The summed E-state index contributed by atoms with van der Waals surface area (Å²) in [7, 11) is 0. The molecule has 174 valence electrons. The number of benzene rings is 6. The maximum absolute atomic E-state index is 2.38. The van der Waals surface area contributed by atoms with Crippen molar-refractivity contribution in [2.45, 2.75) is 0 Å². The van der Waals surface area contributed by atoms with Gasteiger partial charge in [0, 0.05) is 57.4 Å². The first-order valence-electron chi connectivity index (χ1n) is 12.4. The van der Waals surface area contributed by atoms with Crippen molar-refractivity contribution in [2.24, 2.45) is 0 Å². The molecule has 0 radical (unpaired) electrons. The first-order chi connectivity index (χ1) is 18.3. The van der Waals surface area contributed by atoms with Gasteiger partial charge in [0.1, 0.15) is 0 Å². The molecule has 0 saturated carbocycles. The van der Waals surface area contributed by atoms with Gasteiger partial charge in [-0.2, -0.15) is 0 Å². The summed E-state index contributed by atoms with van der Waals surface area (Å²) in [4.78, 5) is 2.38. The summed E-state index contributed by atoms with van der Waals surface area (Å²) in [6, 6.07) is 46.5. The minimum Gasteiger partial charge on any atom is -0.310 e. The molecule has 0 N–H and O–H groups in total. The number of rotatable bonds is 3. The van der Waals surface area contributed by atoms with E-state index in [-0.39, 0.29) is 0 Å². The monoisotopic (exact) mass is 507 g/mol. The van der Waals surface area contributed by atoms with Gasteiger partial charge in [-0.25, -0.2) is 0 Å². The van der Waals surface area contributed by atoms with E-state index in [1.54, 1.807) is 0 Å². The van der Waals surface area contributed by atoms with E-state index >= 15 is 0 Å². The van der Waals surface area contributed by atoms with Crippen LogP contribution in [0.4, 0.5) is 17.1 Å². The van der Waals surface area contributed by atoms with E-state index in [2.05, 4.69) is 132 Å². The summed E-state index contributed by atoms with van der Waals surface area (Å²) in [5.41, 5.74) is 3.49. The van der Waals surface area contributed by atoms with Crippen LogP contribution in [0.1, 0.15) is 0 Å². The van der Waals surface area contributed by atoms with Gasteiger partial charge in [0.25, 0.3) is 0 Å². The van der Waals surface area contributed by atoms with Crippen LogP contribution in [0.5, 0.6) is 0 Å². The largest absolute Gasteiger partial charge is 0.310 e. The number of thiophene rings is 2. The molecule has 0 spiro atoms. The van der Waals surface area contributed by atoms with Crippen molar-refractivity contribution in [2.75, 3.05) is 4.90 Å². The normalized spacial score (nSPS) is 11.8. The minimum absolute atomic E-state index is 1.16. The maximum Gasteiger partial charge on any atom is 0.0468 e. The molecule has 1 nitrogen and oxygen atoms in total. The predicted octanol–water partition coefficient (Wildman–Crippen LogP) is 11.0. The number of hydrogen-bond donors (Lipinski definition) is 0. The van der Waals surface area contributed by atoms with Crippen LogP contribution in [0.3, 0.4) is 0 Å². The number of hydrogen-bond acceptors (Lipinski definition) is 3. The third kappa shape index (κ3) is 3.28. The van der Waals surface area contributed by atoms with Crippen molar-refractivity contribution in [3.8, 4) is 0 Å². The van der Waals surface area contributed by atoms with Crippen LogP contribution in [0.15, 0.2) is 127 Å². The van der Waals surface area contributed by atoms with Crippen molar-refractivity contribution in [1.29, 1.82) is 0 Å². The summed E-state index contributed by atoms with van der Waals surface area (Å²) < 4.78 is 5.34. The number of fused-ring (bicyclic) bond motifs is 8. The fourth-order valence-corrected chi connectivity index (χ4v) is 7.77. The fraction of sp³-hybridized carbons (Fsp3) is 0. The van der Waals surface area contributed by atoms with E-state index in [0.29, 0.717) is 0 Å². The van der Waals surface area contributed by atoms with E-state index < -0.39 is 0 Å². The topological polar surface area (TPSA) is 3.24 Å². The van der Waals surface area contributed by atoms with Gasteiger partial charge in [0.15, 0.2) is 0 Å². The number of nitrogens with zero attached hydrogens (tertiary/aromatic N) is 1. The van der Waals surface area contributed by atoms with E-state index in [4.69, 9.17) is 0 Å². The van der Waals surface area contributed by atoms with Gasteiger partial charge in [-0.15, -0.1) is 22.7 Å². The molecule has 0 atom stereocenters. The lowest BCUT2D eigenvalue weighted by atomic mass is 10.0. The summed E-state index contributed by atoms with van der Waals surface area (Å²) in [5.74, 6) is 0. The second kappa shape index (κ2) is 8.17. The standard InChI is InChI=1S/C34H21NS2/c1-2-8-23(9-3-1)35(25-16-19-32-29(21-25)27-10-4-6-12-30(27)36-32)24-15-17-26-22(20-24)14-18-33-34(26)28-11-5-7-13-31(28)37-33/h1-21H. The van der Waals surface area contributed by atoms with Gasteiger partial charge in [0.2, 0.25) is 0 Å². The van der Waals surface area contributed by atoms with Gasteiger partial charge in [-0.3, -0.25) is 0 Å². The van der Waals surface area contributed by atoms with Crippen LogP contribution in [0.2, 0.25) is 0 Å². The lowest BCUT2D eigenvalue weighted by Crippen LogP contribution is -2.09. The first kappa shape index (κ1) is 21.0. The molecular formula is C34H21NS2.